The Hall–Kier alpha value is -2.95. The third-order valence-corrected chi connectivity index (χ3v) is 3.22. The number of ether oxygens (including phenoxy) is 1. The van der Waals surface area contributed by atoms with Crippen LogP contribution in [-0.2, 0) is 0 Å². The van der Waals surface area contributed by atoms with Gasteiger partial charge in [0.2, 0.25) is 5.88 Å². The van der Waals surface area contributed by atoms with Crippen molar-refractivity contribution >= 4 is 22.6 Å². The van der Waals surface area contributed by atoms with Gasteiger partial charge < -0.3 is 10.1 Å². The van der Waals surface area contributed by atoms with Crippen LogP contribution in [0, 0.1) is 6.92 Å². The fourth-order valence-corrected chi connectivity index (χ4v) is 2.19. The standard InChI is InChI=1S/C17H15N3O2/c1-11-6-5-7-12(10-11)18-16(21)15-17(22-2)20-14-9-4-3-8-13(14)19-15/h3-10H,1-2H3,(H,18,21). The van der Waals surface area contributed by atoms with Crippen LogP contribution >= 0.6 is 0 Å². The van der Waals surface area contributed by atoms with E-state index in [1.165, 1.54) is 7.11 Å². The van der Waals surface area contributed by atoms with Gasteiger partial charge in [-0.25, -0.2) is 9.97 Å². The number of hydrogen-bond donors (Lipinski definition) is 1. The number of amides is 1. The Balaban J connectivity index is 1.99. The first kappa shape index (κ1) is 14.0. The summed E-state index contributed by atoms with van der Waals surface area (Å²) in [5.74, 6) is -0.135. The third-order valence-electron chi connectivity index (χ3n) is 3.22. The van der Waals surface area contributed by atoms with Crippen molar-refractivity contribution in [1.29, 1.82) is 0 Å². The number of aryl methyl sites for hydroxylation is 1. The summed E-state index contributed by atoms with van der Waals surface area (Å²) in [6, 6.07) is 14.9. The molecule has 0 atom stereocenters. The highest BCUT2D eigenvalue weighted by Gasteiger charge is 2.17. The lowest BCUT2D eigenvalue weighted by atomic mass is 10.2. The van der Waals surface area contributed by atoms with Gasteiger partial charge >= 0.3 is 0 Å². The first-order valence-corrected chi connectivity index (χ1v) is 6.86. The minimum absolute atomic E-state index is 0.169. The van der Waals surface area contributed by atoms with Crippen LogP contribution in [0.4, 0.5) is 5.69 Å². The molecule has 0 radical (unpaired) electrons. The maximum atomic E-state index is 12.5. The van der Waals surface area contributed by atoms with Gasteiger partial charge in [0.05, 0.1) is 18.1 Å². The second-order valence-electron chi connectivity index (χ2n) is 4.89. The molecule has 1 amide bonds. The molecule has 5 nitrogen and oxygen atoms in total. The lowest BCUT2D eigenvalue weighted by molar-refractivity contribution is 0.101. The first-order chi connectivity index (χ1) is 10.7. The van der Waals surface area contributed by atoms with Gasteiger partial charge in [-0.15, -0.1) is 0 Å². The number of aromatic nitrogens is 2. The van der Waals surface area contributed by atoms with Crippen molar-refractivity contribution in [3.05, 3.63) is 59.8 Å². The average Bonchev–Trinajstić information content (AvgIpc) is 2.53. The van der Waals surface area contributed by atoms with Gasteiger partial charge in [0.1, 0.15) is 0 Å². The number of para-hydroxylation sites is 2. The molecule has 3 aromatic rings. The predicted molar refractivity (Wildman–Crippen MR) is 85.2 cm³/mol. The Morgan fingerprint density at radius 1 is 1.05 bits per heavy atom. The summed E-state index contributed by atoms with van der Waals surface area (Å²) in [4.78, 5) is 21.1. The largest absolute Gasteiger partial charge is 0.479 e. The maximum absolute atomic E-state index is 12.5. The summed E-state index contributed by atoms with van der Waals surface area (Å²) in [5.41, 5.74) is 3.28. The van der Waals surface area contributed by atoms with Gasteiger partial charge in [0.25, 0.3) is 5.91 Å². The zero-order chi connectivity index (χ0) is 15.5. The van der Waals surface area contributed by atoms with Crippen LogP contribution in [0.2, 0.25) is 0 Å². The van der Waals surface area contributed by atoms with Crippen molar-refractivity contribution in [2.45, 2.75) is 6.92 Å². The summed E-state index contributed by atoms with van der Waals surface area (Å²) in [7, 11) is 1.47. The highest BCUT2D eigenvalue weighted by Crippen LogP contribution is 2.20. The lowest BCUT2D eigenvalue weighted by Crippen LogP contribution is -2.16. The quantitative estimate of drug-likeness (QED) is 0.805. The number of methoxy groups -OCH3 is 1. The average molecular weight is 293 g/mol. The van der Waals surface area contributed by atoms with Crippen molar-refractivity contribution in [2.75, 3.05) is 12.4 Å². The smallest absolute Gasteiger partial charge is 0.279 e. The molecule has 1 heterocycles. The minimum atomic E-state index is -0.347. The van der Waals surface area contributed by atoms with E-state index in [1.54, 1.807) is 0 Å². The number of hydrogen-bond acceptors (Lipinski definition) is 4. The number of rotatable bonds is 3. The van der Waals surface area contributed by atoms with E-state index in [1.807, 2.05) is 55.5 Å². The predicted octanol–water partition coefficient (Wildman–Crippen LogP) is 3.20. The highest BCUT2D eigenvalue weighted by atomic mass is 16.5. The molecule has 0 bridgehead atoms. The zero-order valence-corrected chi connectivity index (χ0v) is 12.3. The van der Waals surface area contributed by atoms with Crippen molar-refractivity contribution in [2.24, 2.45) is 0 Å². The molecule has 5 heteroatoms. The van der Waals surface area contributed by atoms with Gasteiger partial charge in [0, 0.05) is 5.69 Å². The molecule has 1 aromatic heterocycles. The number of benzene rings is 2. The third kappa shape index (κ3) is 2.74. The Labute approximate surface area is 128 Å². The lowest BCUT2D eigenvalue weighted by Gasteiger charge is -2.09. The Morgan fingerprint density at radius 2 is 1.77 bits per heavy atom. The number of nitrogens with one attached hydrogen (secondary N) is 1. The van der Waals surface area contributed by atoms with Crippen LogP contribution in [-0.4, -0.2) is 23.0 Å². The number of fused-ring (bicyclic) bond motifs is 1. The molecule has 2 aromatic carbocycles. The van der Waals surface area contributed by atoms with E-state index < -0.39 is 0 Å². The van der Waals surface area contributed by atoms with Crippen LogP contribution in [0.5, 0.6) is 5.88 Å². The van der Waals surface area contributed by atoms with Gasteiger partial charge in [-0.05, 0) is 36.8 Å². The summed E-state index contributed by atoms with van der Waals surface area (Å²) >= 11 is 0. The second-order valence-corrected chi connectivity index (χ2v) is 4.89. The van der Waals surface area contributed by atoms with E-state index in [0.29, 0.717) is 16.7 Å². The molecule has 0 aliphatic rings. The first-order valence-electron chi connectivity index (χ1n) is 6.86. The summed E-state index contributed by atoms with van der Waals surface area (Å²) in [6.45, 7) is 1.96. The molecule has 22 heavy (non-hydrogen) atoms. The molecular formula is C17H15N3O2. The molecule has 110 valence electrons. The van der Waals surface area contributed by atoms with Crippen molar-refractivity contribution in [3.63, 3.8) is 0 Å². The maximum Gasteiger partial charge on any atom is 0.279 e. The Kier molecular flexibility index (Phi) is 3.70. The van der Waals surface area contributed by atoms with Crippen molar-refractivity contribution < 1.29 is 9.53 Å². The van der Waals surface area contributed by atoms with Crippen LogP contribution in [0.1, 0.15) is 16.1 Å². The van der Waals surface area contributed by atoms with Gasteiger partial charge in [0.15, 0.2) is 5.69 Å². The van der Waals surface area contributed by atoms with E-state index in [0.717, 1.165) is 5.56 Å². The SMILES string of the molecule is COc1nc2ccccc2nc1C(=O)Nc1cccc(C)c1. The molecule has 0 saturated heterocycles. The van der Waals surface area contributed by atoms with Gasteiger partial charge in [-0.2, -0.15) is 0 Å². The van der Waals surface area contributed by atoms with Gasteiger partial charge in [-0.1, -0.05) is 24.3 Å². The van der Waals surface area contributed by atoms with Crippen LogP contribution in [0.3, 0.4) is 0 Å². The molecule has 3 rings (SSSR count). The Bertz CT molecular complexity index is 846. The molecule has 0 aliphatic heterocycles. The van der Waals surface area contributed by atoms with Crippen molar-refractivity contribution in [3.8, 4) is 5.88 Å². The van der Waals surface area contributed by atoms with Crippen LogP contribution < -0.4 is 10.1 Å². The molecule has 0 saturated carbocycles. The Morgan fingerprint density at radius 3 is 2.45 bits per heavy atom. The number of carbonyl (C=O) groups excluding carboxylic acids is 1. The number of nitrogens with zero attached hydrogens (tertiary/aromatic N) is 2. The number of anilines is 1. The van der Waals surface area contributed by atoms with Crippen LogP contribution in [0.15, 0.2) is 48.5 Å². The fraction of sp³-hybridized carbons (Fsp3) is 0.118. The van der Waals surface area contributed by atoms with E-state index in [2.05, 4.69) is 15.3 Å². The van der Waals surface area contributed by atoms with E-state index in [9.17, 15) is 4.79 Å². The molecule has 0 unspecified atom stereocenters. The highest BCUT2D eigenvalue weighted by molar-refractivity contribution is 6.05. The summed E-state index contributed by atoms with van der Waals surface area (Å²) in [5, 5.41) is 2.82. The number of carbonyl (C=O) groups is 1. The van der Waals surface area contributed by atoms with Crippen LogP contribution in [0.25, 0.3) is 11.0 Å². The molecular weight excluding hydrogens is 278 g/mol. The fourth-order valence-electron chi connectivity index (χ4n) is 2.19. The van der Waals surface area contributed by atoms with E-state index in [-0.39, 0.29) is 17.5 Å². The molecule has 0 aliphatic carbocycles. The normalized spacial score (nSPS) is 10.5. The second kappa shape index (κ2) is 5.81. The summed E-state index contributed by atoms with van der Waals surface area (Å²) < 4.78 is 5.20. The monoisotopic (exact) mass is 293 g/mol. The van der Waals surface area contributed by atoms with Crippen molar-refractivity contribution in [1.82, 2.24) is 9.97 Å². The van der Waals surface area contributed by atoms with Gasteiger partial charge in [-0.3, -0.25) is 4.79 Å². The molecule has 0 spiro atoms. The minimum Gasteiger partial charge on any atom is -0.479 e. The molecule has 1 N–H and O–H groups in total. The van der Waals surface area contributed by atoms with E-state index in [4.69, 9.17) is 4.74 Å². The topological polar surface area (TPSA) is 64.1 Å². The summed E-state index contributed by atoms with van der Waals surface area (Å²) in [6.07, 6.45) is 0. The molecule has 0 fully saturated rings. The zero-order valence-electron chi connectivity index (χ0n) is 12.3. The van der Waals surface area contributed by atoms with E-state index >= 15 is 0 Å².